The lowest BCUT2D eigenvalue weighted by molar-refractivity contribution is 0.300. The Hall–Kier alpha value is -1.86. The van der Waals surface area contributed by atoms with Gasteiger partial charge in [-0.3, -0.25) is 0 Å². The Labute approximate surface area is 126 Å². The molecule has 0 heterocycles. The van der Waals surface area contributed by atoms with Gasteiger partial charge in [-0.1, -0.05) is 61.9 Å². The number of aryl methyl sites for hydroxylation is 1. The van der Waals surface area contributed by atoms with Crippen molar-refractivity contribution in [2.24, 2.45) is 0 Å². The summed E-state index contributed by atoms with van der Waals surface area (Å²) in [4.78, 5) is 0. The third-order valence-electron chi connectivity index (χ3n) is 4.30. The first-order valence-electron chi connectivity index (χ1n) is 7.89. The molecule has 3 aromatic rings. The summed E-state index contributed by atoms with van der Waals surface area (Å²) in [6, 6.07) is 17.3. The maximum atomic E-state index is 9.45. The van der Waals surface area contributed by atoms with Crippen LogP contribution in [0.1, 0.15) is 30.9 Å². The highest BCUT2D eigenvalue weighted by Gasteiger charge is 2.12. The van der Waals surface area contributed by atoms with Crippen LogP contribution in [0, 0.1) is 0 Å². The highest BCUT2D eigenvalue weighted by atomic mass is 16.2. The van der Waals surface area contributed by atoms with Crippen LogP contribution in [0.5, 0.6) is 0 Å². The van der Waals surface area contributed by atoms with E-state index in [0.29, 0.717) is 0 Å². The van der Waals surface area contributed by atoms with Crippen LogP contribution in [0.3, 0.4) is 0 Å². The minimum Gasteiger partial charge on any atom is -0.396 e. The van der Waals surface area contributed by atoms with Crippen molar-refractivity contribution in [2.75, 3.05) is 6.61 Å². The van der Waals surface area contributed by atoms with Crippen LogP contribution < -0.4 is 0 Å². The van der Waals surface area contributed by atoms with Gasteiger partial charge in [0.05, 0.1) is 0 Å². The molecule has 0 bridgehead atoms. The second kappa shape index (κ2) is 6.28. The van der Waals surface area contributed by atoms with Crippen molar-refractivity contribution in [3.05, 3.63) is 59.7 Å². The number of rotatable bonds is 5. The first kappa shape index (κ1) is 14.1. The fourth-order valence-electron chi connectivity index (χ4n) is 3.31. The summed E-state index contributed by atoms with van der Waals surface area (Å²) in [5.74, 6) is 0. The molecule has 108 valence electrons. The molecule has 1 N–H and O–H groups in total. The van der Waals surface area contributed by atoms with Gasteiger partial charge in [-0.25, -0.2) is 0 Å². The molecule has 21 heavy (non-hydrogen) atoms. The maximum absolute atomic E-state index is 9.45. The summed E-state index contributed by atoms with van der Waals surface area (Å²) in [7, 11) is 0. The summed E-state index contributed by atoms with van der Waals surface area (Å²) in [6.07, 6.45) is 4.26. The third kappa shape index (κ3) is 2.54. The van der Waals surface area contributed by atoms with Gasteiger partial charge >= 0.3 is 0 Å². The molecule has 1 heteroatoms. The molecule has 0 saturated carbocycles. The molecule has 0 aliphatic carbocycles. The number of fused-ring (bicyclic) bond motifs is 2. The van der Waals surface area contributed by atoms with E-state index in [1.54, 1.807) is 0 Å². The zero-order valence-corrected chi connectivity index (χ0v) is 12.6. The molecule has 0 saturated heterocycles. The molecule has 3 aromatic carbocycles. The quantitative estimate of drug-likeness (QED) is 0.660. The Morgan fingerprint density at radius 2 is 1.14 bits per heavy atom. The normalized spacial score (nSPS) is 11.3. The van der Waals surface area contributed by atoms with E-state index >= 15 is 0 Å². The smallest absolute Gasteiger partial charge is 0.0471 e. The zero-order chi connectivity index (χ0) is 14.7. The first-order chi connectivity index (χ1) is 10.4. The van der Waals surface area contributed by atoms with Gasteiger partial charge < -0.3 is 5.11 Å². The lowest BCUT2D eigenvalue weighted by Crippen LogP contribution is -1.98. The number of hydrogen-bond donors (Lipinski definition) is 1. The summed E-state index contributed by atoms with van der Waals surface area (Å²) < 4.78 is 0. The van der Waals surface area contributed by atoms with E-state index in [1.165, 1.54) is 45.5 Å². The molecule has 0 amide bonds. The van der Waals surface area contributed by atoms with Gasteiger partial charge in [0.25, 0.3) is 0 Å². The molecule has 0 aromatic heterocycles. The van der Waals surface area contributed by atoms with Crippen LogP contribution in [0.2, 0.25) is 0 Å². The predicted molar refractivity (Wildman–Crippen MR) is 90.9 cm³/mol. The van der Waals surface area contributed by atoms with Gasteiger partial charge in [0, 0.05) is 6.61 Å². The van der Waals surface area contributed by atoms with Gasteiger partial charge in [0.2, 0.25) is 0 Å². The first-order valence-corrected chi connectivity index (χ1v) is 7.89. The topological polar surface area (TPSA) is 20.2 Å². The monoisotopic (exact) mass is 278 g/mol. The SMILES string of the molecule is CCCCc1c2ccccc2c(CCO)c2ccccc12. The number of benzene rings is 3. The number of aliphatic hydroxyl groups is 1. The van der Waals surface area contributed by atoms with Crippen molar-refractivity contribution in [2.45, 2.75) is 32.6 Å². The number of unbranched alkanes of at least 4 members (excludes halogenated alkanes) is 1. The summed E-state index contributed by atoms with van der Waals surface area (Å²) in [6.45, 7) is 2.44. The van der Waals surface area contributed by atoms with Gasteiger partial charge in [0.15, 0.2) is 0 Å². The molecule has 0 fully saturated rings. The van der Waals surface area contributed by atoms with Crippen LogP contribution in [0.25, 0.3) is 21.5 Å². The molecular weight excluding hydrogens is 256 g/mol. The Morgan fingerprint density at radius 1 is 0.714 bits per heavy atom. The van der Waals surface area contributed by atoms with Crippen molar-refractivity contribution >= 4 is 21.5 Å². The van der Waals surface area contributed by atoms with Gasteiger partial charge in [-0.05, 0) is 51.9 Å². The molecule has 0 unspecified atom stereocenters. The maximum Gasteiger partial charge on any atom is 0.0471 e. The fourth-order valence-corrected chi connectivity index (χ4v) is 3.31. The molecular formula is C20H22O. The van der Waals surface area contributed by atoms with Crippen molar-refractivity contribution in [1.29, 1.82) is 0 Å². The standard InChI is InChI=1S/C20H22O/c1-2-3-8-15-16-9-4-6-11-18(16)20(13-14-21)19-12-7-5-10-17(15)19/h4-7,9-12,21H,2-3,8,13-14H2,1H3. The zero-order valence-electron chi connectivity index (χ0n) is 12.6. The average Bonchev–Trinajstić information content (AvgIpc) is 2.54. The highest BCUT2D eigenvalue weighted by Crippen LogP contribution is 2.34. The average molecular weight is 278 g/mol. The molecule has 0 aliphatic heterocycles. The van der Waals surface area contributed by atoms with E-state index < -0.39 is 0 Å². The predicted octanol–water partition coefficient (Wildman–Crippen LogP) is 4.87. The number of aliphatic hydroxyl groups excluding tert-OH is 1. The molecule has 0 atom stereocenters. The highest BCUT2D eigenvalue weighted by molar-refractivity contribution is 6.05. The van der Waals surface area contributed by atoms with E-state index in [-0.39, 0.29) is 6.61 Å². The molecule has 0 spiro atoms. The van der Waals surface area contributed by atoms with E-state index in [1.807, 2.05) is 0 Å². The van der Waals surface area contributed by atoms with E-state index in [9.17, 15) is 5.11 Å². The van der Waals surface area contributed by atoms with Gasteiger partial charge in [-0.15, -0.1) is 0 Å². The largest absolute Gasteiger partial charge is 0.396 e. The van der Waals surface area contributed by atoms with Crippen LogP contribution in [-0.4, -0.2) is 11.7 Å². The van der Waals surface area contributed by atoms with Crippen LogP contribution in [-0.2, 0) is 12.8 Å². The summed E-state index contributed by atoms with van der Waals surface area (Å²) in [5, 5.41) is 14.8. The van der Waals surface area contributed by atoms with E-state index in [2.05, 4.69) is 55.5 Å². The minimum absolute atomic E-state index is 0.197. The van der Waals surface area contributed by atoms with Crippen LogP contribution >= 0.6 is 0 Å². The lowest BCUT2D eigenvalue weighted by Gasteiger charge is -2.16. The minimum atomic E-state index is 0.197. The van der Waals surface area contributed by atoms with Crippen molar-refractivity contribution in [3.63, 3.8) is 0 Å². The van der Waals surface area contributed by atoms with Crippen molar-refractivity contribution in [3.8, 4) is 0 Å². The number of hydrogen-bond acceptors (Lipinski definition) is 1. The molecule has 0 aliphatic rings. The van der Waals surface area contributed by atoms with Crippen molar-refractivity contribution < 1.29 is 5.11 Å². The van der Waals surface area contributed by atoms with Gasteiger partial charge in [0.1, 0.15) is 0 Å². The Bertz CT molecular complexity index is 701. The summed E-state index contributed by atoms with van der Waals surface area (Å²) >= 11 is 0. The van der Waals surface area contributed by atoms with Crippen LogP contribution in [0.15, 0.2) is 48.5 Å². The van der Waals surface area contributed by atoms with Crippen LogP contribution in [0.4, 0.5) is 0 Å². The fraction of sp³-hybridized carbons (Fsp3) is 0.300. The molecule has 3 rings (SSSR count). The lowest BCUT2D eigenvalue weighted by atomic mass is 9.88. The third-order valence-corrected chi connectivity index (χ3v) is 4.30. The van der Waals surface area contributed by atoms with Gasteiger partial charge in [-0.2, -0.15) is 0 Å². The Balaban J connectivity index is 2.38. The van der Waals surface area contributed by atoms with Crippen molar-refractivity contribution in [1.82, 2.24) is 0 Å². The Morgan fingerprint density at radius 3 is 1.52 bits per heavy atom. The Kier molecular flexibility index (Phi) is 4.21. The van der Waals surface area contributed by atoms with E-state index in [4.69, 9.17) is 0 Å². The second-order valence-corrected chi connectivity index (χ2v) is 5.63. The van der Waals surface area contributed by atoms with E-state index in [0.717, 1.165) is 12.8 Å². The molecule has 1 nitrogen and oxygen atoms in total. The summed E-state index contributed by atoms with van der Waals surface area (Å²) in [5.41, 5.74) is 2.74. The second-order valence-electron chi connectivity index (χ2n) is 5.63. The molecule has 0 radical (unpaired) electrons.